The van der Waals surface area contributed by atoms with E-state index in [1.165, 1.54) is 0 Å². The topological polar surface area (TPSA) is 56.1 Å². The molecule has 26 heavy (non-hydrogen) atoms. The number of carbonyl (C=O) groups is 1. The lowest BCUT2D eigenvalue weighted by atomic mass is 10.1. The van der Waals surface area contributed by atoms with Crippen molar-refractivity contribution in [1.82, 2.24) is 15.1 Å². The van der Waals surface area contributed by atoms with Crippen LogP contribution in [0.1, 0.15) is 23.6 Å². The van der Waals surface area contributed by atoms with E-state index in [4.69, 9.17) is 4.74 Å². The molecule has 1 heterocycles. The number of carbonyl (C=O) groups excluding carboxylic acids is 1. The molecular formula is C21H23N3O2. The first-order chi connectivity index (χ1) is 12.5. The van der Waals surface area contributed by atoms with Gasteiger partial charge in [0.2, 0.25) is 0 Å². The van der Waals surface area contributed by atoms with Crippen LogP contribution in [0.15, 0.2) is 60.9 Å². The zero-order chi connectivity index (χ0) is 18.5. The van der Waals surface area contributed by atoms with Crippen molar-refractivity contribution in [3.05, 3.63) is 77.6 Å². The van der Waals surface area contributed by atoms with Gasteiger partial charge in [0, 0.05) is 18.9 Å². The molecule has 0 spiro atoms. The van der Waals surface area contributed by atoms with E-state index in [2.05, 4.69) is 10.4 Å². The minimum Gasteiger partial charge on any atom is -0.481 e. The molecule has 3 aromatic rings. The van der Waals surface area contributed by atoms with Crippen LogP contribution in [0.4, 0.5) is 0 Å². The molecule has 0 bridgehead atoms. The molecule has 1 aromatic heterocycles. The molecular weight excluding hydrogens is 326 g/mol. The van der Waals surface area contributed by atoms with Crippen LogP contribution >= 0.6 is 0 Å². The van der Waals surface area contributed by atoms with E-state index < -0.39 is 6.10 Å². The highest BCUT2D eigenvalue weighted by Crippen LogP contribution is 2.20. The van der Waals surface area contributed by atoms with Gasteiger partial charge in [-0.1, -0.05) is 24.3 Å². The van der Waals surface area contributed by atoms with E-state index in [0.717, 1.165) is 28.1 Å². The molecule has 0 fully saturated rings. The fourth-order valence-corrected chi connectivity index (χ4v) is 2.64. The van der Waals surface area contributed by atoms with Gasteiger partial charge in [0.25, 0.3) is 5.91 Å². The van der Waals surface area contributed by atoms with Crippen molar-refractivity contribution >= 4 is 5.91 Å². The molecule has 5 heteroatoms. The molecule has 1 unspecified atom stereocenters. The summed E-state index contributed by atoms with van der Waals surface area (Å²) in [6, 6.07) is 15.8. The first-order valence-electron chi connectivity index (χ1n) is 8.63. The van der Waals surface area contributed by atoms with Crippen molar-refractivity contribution in [1.29, 1.82) is 0 Å². The Balaban J connectivity index is 1.60. The van der Waals surface area contributed by atoms with E-state index in [0.29, 0.717) is 6.54 Å². The maximum absolute atomic E-state index is 12.4. The standard InChI is InChI=1S/C21H23N3O2/c1-15-8-9-16(2)20(12-15)26-17(3)21(25)22-14-18-6-4-7-19(13-18)24-11-5-10-23-24/h4-13,17H,14H2,1-3H3,(H,22,25). The number of aryl methyl sites for hydroxylation is 2. The van der Waals surface area contributed by atoms with Crippen LogP contribution in [0.25, 0.3) is 5.69 Å². The molecule has 0 saturated carbocycles. The summed E-state index contributed by atoms with van der Waals surface area (Å²) in [6.45, 7) is 6.18. The minimum atomic E-state index is -0.565. The summed E-state index contributed by atoms with van der Waals surface area (Å²) in [5, 5.41) is 7.15. The van der Waals surface area contributed by atoms with Crippen LogP contribution in [0, 0.1) is 13.8 Å². The number of aromatic nitrogens is 2. The van der Waals surface area contributed by atoms with Gasteiger partial charge in [-0.2, -0.15) is 5.10 Å². The fourth-order valence-electron chi connectivity index (χ4n) is 2.64. The number of ether oxygens (including phenoxy) is 1. The van der Waals surface area contributed by atoms with Gasteiger partial charge in [-0.15, -0.1) is 0 Å². The van der Waals surface area contributed by atoms with Gasteiger partial charge < -0.3 is 10.1 Å². The van der Waals surface area contributed by atoms with E-state index in [-0.39, 0.29) is 5.91 Å². The van der Waals surface area contributed by atoms with Crippen LogP contribution in [0.5, 0.6) is 5.75 Å². The quantitative estimate of drug-likeness (QED) is 0.740. The predicted molar refractivity (Wildman–Crippen MR) is 101 cm³/mol. The van der Waals surface area contributed by atoms with Crippen molar-refractivity contribution in [3.8, 4) is 11.4 Å². The molecule has 0 radical (unpaired) electrons. The van der Waals surface area contributed by atoms with Crippen LogP contribution in [0.2, 0.25) is 0 Å². The number of amides is 1. The second kappa shape index (κ2) is 7.87. The highest BCUT2D eigenvalue weighted by Gasteiger charge is 2.15. The maximum Gasteiger partial charge on any atom is 0.261 e. The Morgan fingerprint density at radius 2 is 2.04 bits per heavy atom. The Bertz CT molecular complexity index is 888. The zero-order valence-electron chi connectivity index (χ0n) is 15.3. The van der Waals surface area contributed by atoms with E-state index in [1.807, 2.05) is 68.6 Å². The largest absolute Gasteiger partial charge is 0.481 e. The van der Waals surface area contributed by atoms with Crippen LogP contribution in [0.3, 0.4) is 0 Å². The summed E-state index contributed by atoms with van der Waals surface area (Å²) in [5.74, 6) is 0.601. The lowest BCUT2D eigenvalue weighted by molar-refractivity contribution is -0.127. The van der Waals surface area contributed by atoms with E-state index >= 15 is 0 Å². The molecule has 134 valence electrons. The third-order valence-corrected chi connectivity index (χ3v) is 4.16. The van der Waals surface area contributed by atoms with Crippen LogP contribution in [-0.2, 0) is 11.3 Å². The van der Waals surface area contributed by atoms with Gasteiger partial charge in [-0.3, -0.25) is 4.79 Å². The predicted octanol–water partition coefficient (Wildman–Crippen LogP) is 3.57. The number of benzene rings is 2. The fraction of sp³-hybridized carbons (Fsp3) is 0.238. The molecule has 0 aliphatic carbocycles. The minimum absolute atomic E-state index is 0.143. The van der Waals surface area contributed by atoms with Crippen molar-refractivity contribution in [3.63, 3.8) is 0 Å². The van der Waals surface area contributed by atoms with Crippen molar-refractivity contribution in [2.45, 2.75) is 33.4 Å². The Labute approximate surface area is 153 Å². The molecule has 0 aliphatic heterocycles. The van der Waals surface area contributed by atoms with Gasteiger partial charge in [-0.05, 0) is 61.7 Å². The van der Waals surface area contributed by atoms with E-state index in [9.17, 15) is 4.79 Å². The van der Waals surface area contributed by atoms with Gasteiger partial charge in [0.15, 0.2) is 6.10 Å². The number of nitrogens with one attached hydrogen (secondary N) is 1. The molecule has 5 nitrogen and oxygen atoms in total. The van der Waals surface area contributed by atoms with Gasteiger partial charge in [0.1, 0.15) is 5.75 Å². The summed E-state index contributed by atoms with van der Waals surface area (Å²) in [5.41, 5.74) is 4.09. The third-order valence-electron chi connectivity index (χ3n) is 4.16. The number of hydrogen-bond donors (Lipinski definition) is 1. The Morgan fingerprint density at radius 1 is 1.19 bits per heavy atom. The maximum atomic E-state index is 12.4. The lowest BCUT2D eigenvalue weighted by Crippen LogP contribution is -2.36. The highest BCUT2D eigenvalue weighted by molar-refractivity contribution is 5.80. The van der Waals surface area contributed by atoms with E-state index in [1.54, 1.807) is 17.8 Å². The van der Waals surface area contributed by atoms with Gasteiger partial charge >= 0.3 is 0 Å². The smallest absolute Gasteiger partial charge is 0.261 e. The summed E-state index contributed by atoms with van der Waals surface area (Å²) in [6.07, 6.45) is 3.06. The lowest BCUT2D eigenvalue weighted by Gasteiger charge is -2.17. The van der Waals surface area contributed by atoms with Crippen molar-refractivity contribution in [2.24, 2.45) is 0 Å². The molecule has 1 amide bonds. The number of rotatable bonds is 6. The molecule has 1 atom stereocenters. The molecule has 0 saturated heterocycles. The van der Waals surface area contributed by atoms with Crippen LogP contribution < -0.4 is 10.1 Å². The number of hydrogen-bond acceptors (Lipinski definition) is 3. The summed E-state index contributed by atoms with van der Waals surface area (Å²) in [7, 11) is 0. The molecule has 3 rings (SSSR count). The summed E-state index contributed by atoms with van der Waals surface area (Å²) < 4.78 is 7.62. The molecule has 1 N–H and O–H groups in total. The van der Waals surface area contributed by atoms with Crippen molar-refractivity contribution < 1.29 is 9.53 Å². The van der Waals surface area contributed by atoms with Crippen molar-refractivity contribution in [2.75, 3.05) is 0 Å². The van der Waals surface area contributed by atoms with Gasteiger partial charge in [-0.25, -0.2) is 4.68 Å². The summed E-state index contributed by atoms with van der Waals surface area (Å²) in [4.78, 5) is 12.4. The summed E-state index contributed by atoms with van der Waals surface area (Å²) >= 11 is 0. The SMILES string of the molecule is Cc1ccc(C)c(OC(C)C(=O)NCc2cccc(-n3cccn3)c2)c1. The van der Waals surface area contributed by atoms with Crippen LogP contribution in [-0.4, -0.2) is 21.8 Å². The second-order valence-electron chi connectivity index (χ2n) is 6.37. The zero-order valence-corrected chi connectivity index (χ0v) is 15.3. The molecule has 2 aromatic carbocycles. The Hall–Kier alpha value is -3.08. The second-order valence-corrected chi connectivity index (χ2v) is 6.37. The highest BCUT2D eigenvalue weighted by atomic mass is 16.5. The van der Waals surface area contributed by atoms with Gasteiger partial charge in [0.05, 0.1) is 5.69 Å². The Morgan fingerprint density at radius 3 is 2.81 bits per heavy atom. The average Bonchev–Trinajstić information content (AvgIpc) is 3.17. The first kappa shape index (κ1) is 17.7. The Kier molecular flexibility index (Phi) is 5.37. The normalized spacial score (nSPS) is 11.8. The number of nitrogens with zero attached hydrogens (tertiary/aromatic N) is 2. The molecule has 0 aliphatic rings. The average molecular weight is 349 g/mol. The third kappa shape index (κ3) is 4.30. The first-order valence-corrected chi connectivity index (χ1v) is 8.63. The monoisotopic (exact) mass is 349 g/mol.